The van der Waals surface area contributed by atoms with Crippen LogP contribution in [0.1, 0.15) is 149 Å². The average molecular weight is 515 g/mol. The molecule has 0 aliphatic carbocycles. The second kappa shape index (κ2) is 30.6. The third-order valence-electron chi connectivity index (χ3n) is 6.80. The number of hydrogen-bond donors (Lipinski definition) is 0. The molecule has 216 valence electrons. The first-order valence-corrected chi connectivity index (χ1v) is 15.6. The SMILES string of the molecule is CCOC(=O)CCCCCCCCCCCCCCCCCCCCOCCOCCOC(C)CC. The largest absolute Gasteiger partial charge is 0.466 e. The van der Waals surface area contributed by atoms with Crippen LogP contribution >= 0.6 is 0 Å². The highest BCUT2D eigenvalue weighted by Gasteiger charge is 2.01. The molecule has 0 fully saturated rings. The fraction of sp³-hybridized carbons (Fsp3) is 0.968. The van der Waals surface area contributed by atoms with Gasteiger partial charge in [-0.15, -0.1) is 0 Å². The standard InChI is InChI=1S/C31H62O5/c1-4-30(3)36-29-28-34-27-26-33-25-23-21-19-17-15-13-11-9-7-6-8-10-12-14-16-18-20-22-24-31(32)35-5-2/h30H,4-29H2,1-3H3. The summed E-state index contributed by atoms with van der Waals surface area (Å²) < 4.78 is 21.7. The fourth-order valence-corrected chi connectivity index (χ4v) is 4.28. The number of carbonyl (C=O) groups excluding carboxylic acids is 1. The zero-order chi connectivity index (χ0) is 26.4. The van der Waals surface area contributed by atoms with Crippen LogP contribution in [-0.2, 0) is 23.7 Å². The minimum absolute atomic E-state index is 0.0357. The van der Waals surface area contributed by atoms with Crippen molar-refractivity contribution < 1.29 is 23.7 Å². The average Bonchev–Trinajstić information content (AvgIpc) is 2.88. The lowest BCUT2D eigenvalue weighted by molar-refractivity contribution is -0.143. The van der Waals surface area contributed by atoms with Crippen molar-refractivity contribution in [2.45, 2.75) is 155 Å². The summed E-state index contributed by atoms with van der Waals surface area (Å²) in [7, 11) is 0. The Morgan fingerprint density at radius 1 is 0.528 bits per heavy atom. The van der Waals surface area contributed by atoms with Gasteiger partial charge in [-0.1, -0.05) is 110 Å². The minimum Gasteiger partial charge on any atom is -0.466 e. The first-order chi connectivity index (χ1) is 17.7. The van der Waals surface area contributed by atoms with Gasteiger partial charge in [0.15, 0.2) is 0 Å². The molecule has 1 atom stereocenters. The predicted octanol–water partition coefficient (Wildman–Crippen LogP) is 8.81. The highest BCUT2D eigenvalue weighted by Crippen LogP contribution is 2.14. The van der Waals surface area contributed by atoms with Crippen molar-refractivity contribution in [2.75, 3.05) is 39.6 Å². The molecule has 0 saturated heterocycles. The normalized spacial score (nSPS) is 12.2. The van der Waals surface area contributed by atoms with Gasteiger partial charge in [-0.25, -0.2) is 0 Å². The highest BCUT2D eigenvalue weighted by molar-refractivity contribution is 5.69. The lowest BCUT2D eigenvalue weighted by Gasteiger charge is -2.10. The summed E-state index contributed by atoms with van der Waals surface area (Å²) in [6, 6.07) is 0. The van der Waals surface area contributed by atoms with Gasteiger partial charge < -0.3 is 18.9 Å². The van der Waals surface area contributed by atoms with Crippen LogP contribution in [0.2, 0.25) is 0 Å². The molecule has 0 aliphatic heterocycles. The van der Waals surface area contributed by atoms with Crippen molar-refractivity contribution in [2.24, 2.45) is 0 Å². The van der Waals surface area contributed by atoms with Gasteiger partial charge in [0.25, 0.3) is 0 Å². The molecule has 0 aromatic carbocycles. The molecule has 0 N–H and O–H groups in total. The number of hydrogen-bond acceptors (Lipinski definition) is 5. The number of unbranched alkanes of at least 4 members (excludes halogenated alkanes) is 17. The molecule has 1 unspecified atom stereocenters. The van der Waals surface area contributed by atoms with Gasteiger partial charge in [0.05, 0.1) is 39.1 Å². The van der Waals surface area contributed by atoms with Gasteiger partial charge in [-0.2, -0.15) is 0 Å². The van der Waals surface area contributed by atoms with Crippen LogP contribution < -0.4 is 0 Å². The topological polar surface area (TPSA) is 54.0 Å². The van der Waals surface area contributed by atoms with Crippen molar-refractivity contribution in [1.29, 1.82) is 0 Å². The van der Waals surface area contributed by atoms with E-state index >= 15 is 0 Å². The molecule has 0 saturated carbocycles. The molecule has 0 aromatic rings. The first-order valence-electron chi connectivity index (χ1n) is 15.6. The second-order valence-corrected chi connectivity index (χ2v) is 10.2. The molecule has 5 heteroatoms. The summed E-state index contributed by atoms with van der Waals surface area (Å²) in [6.45, 7) is 10.2. The van der Waals surface area contributed by atoms with E-state index in [4.69, 9.17) is 18.9 Å². The molecule has 36 heavy (non-hydrogen) atoms. The van der Waals surface area contributed by atoms with Gasteiger partial charge in [0.1, 0.15) is 0 Å². The summed E-state index contributed by atoms with van der Waals surface area (Å²) in [5, 5.41) is 0. The molecule has 5 nitrogen and oxygen atoms in total. The Kier molecular flexibility index (Phi) is 30.0. The zero-order valence-corrected chi connectivity index (χ0v) is 24.5. The lowest BCUT2D eigenvalue weighted by Crippen LogP contribution is -2.13. The van der Waals surface area contributed by atoms with E-state index in [1.54, 1.807) is 0 Å². The Bertz CT molecular complexity index is 429. The molecule has 0 aromatic heterocycles. The van der Waals surface area contributed by atoms with E-state index in [-0.39, 0.29) is 5.97 Å². The van der Waals surface area contributed by atoms with E-state index in [9.17, 15) is 4.79 Å². The molecular weight excluding hydrogens is 452 g/mol. The molecule has 0 spiro atoms. The summed E-state index contributed by atoms with van der Waals surface area (Å²) in [5.74, 6) is -0.0357. The lowest BCUT2D eigenvalue weighted by atomic mass is 10.0. The summed E-state index contributed by atoms with van der Waals surface area (Å²) in [5.41, 5.74) is 0. The highest BCUT2D eigenvalue weighted by atomic mass is 16.5. The van der Waals surface area contributed by atoms with Crippen molar-refractivity contribution in [3.63, 3.8) is 0 Å². The maximum atomic E-state index is 11.3. The van der Waals surface area contributed by atoms with Crippen LogP contribution in [0, 0.1) is 0 Å². The van der Waals surface area contributed by atoms with Gasteiger partial charge in [0, 0.05) is 13.0 Å². The molecule has 0 amide bonds. The number of rotatable bonds is 30. The summed E-state index contributed by atoms with van der Waals surface area (Å²) >= 11 is 0. The van der Waals surface area contributed by atoms with Gasteiger partial charge in [-0.3, -0.25) is 4.79 Å². The Morgan fingerprint density at radius 2 is 0.917 bits per heavy atom. The Labute approximate surface area is 224 Å². The molecule has 0 radical (unpaired) electrons. The quantitative estimate of drug-likeness (QED) is 0.0708. The van der Waals surface area contributed by atoms with E-state index in [0.29, 0.717) is 45.6 Å². The van der Waals surface area contributed by atoms with Crippen molar-refractivity contribution in [3.8, 4) is 0 Å². The first kappa shape index (κ1) is 35.4. The van der Waals surface area contributed by atoms with Crippen LogP contribution in [0.3, 0.4) is 0 Å². The Hall–Kier alpha value is -0.650. The maximum Gasteiger partial charge on any atom is 0.305 e. The smallest absolute Gasteiger partial charge is 0.305 e. The van der Waals surface area contributed by atoms with E-state index in [2.05, 4.69) is 13.8 Å². The third kappa shape index (κ3) is 29.6. The maximum absolute atomic E-state index is 11.3. The molecular formula is C31H62O5. The van der Waals surface area contributed by atoms with Crippen molar-refractivity contribution in [3.05, 3.63) is 0 Å². The van der Waals surface area contributed by atoms with Gasteiger partial charge in [-0.05, 0) is 33.1 Å². The predicted molar refractivity (Wildman–Crippen MR) is 152 cm³/mol. The van der Waals surface area contributed by atoms with E-state index in [1.165, 1.54) is 109 Å². The monoisotopic (exact) mass is 514 g/mol. The molecule has 0 bridgehead atoms. The number of ether oxygens (including phenoxy) is 4. The summed E-state index contributed by atoms with van der Waals surface area (Å²) in [6.07, 6.45) is 25.9. The minimum atomic E-state index is -0.0357. The van der Waals surface area contributed by atoms with Crippen LogP contribution in [0.5, 0.6) is 0 Å². The Morgan fingerprint density at radius 3 is 1.36 bits per heavy atom. The van der Waals surface area contributed by atoms with E-state index in [1.807, 2.05) is 6.92 Å². The van der Waals surface area contributed by atoms with Crippen LogP contribution in [-0.4, -0.2) is 51.7 Å². The zero-order valence-electron chi connectivity index (χ0n) is 24.5. The van der Waals surface area contributed by atoms with Crippen LogP contribution in [0.4, 0.5) is 0 Å². The molecule has 0 rings (SSSR count). The number of carbonyl (C=O) groups is 1. The molecule has 0 aliphatic rings. The molecule has 0 heterocycles. The van der Waals surface area contributed by atoms with Crippen LogP contribution in [0.15, 0.2) is 0 Å². The van der Waals surface area contributed by atoms with Gasteiger partial charge in [0.2, 0.25) is 0 Å². The van der Waals surface area contributed by atoms with E-state index < -0.39 is 0 Å². The second-order valence-electron chi connectivity index (χ2n) is 10.2. The Balaban J connectivity index is 3.06. The van der Waals surface area contributed by atoms with Crippen molar-refractivity contribution >= 4 is 5.97 Å². The third-order valence-corrected chi connectivity index (χ3v) is 6.80. The van der Waals surface area contributed by atoms with Crippen molar-refractivity contribution in [1.82, 2.24) is 0 Å². The number of esters is 1. The van der Waals surface area contributed by atoms with Gasteiger partial charge >= 0.3 is 5.97 Å². The van der Waals surface area contributed by atoms with Crippen LogP contribution in [0.25, 0.3) is 0 Å². The van der Waals surface area contributed by atoms with E-state index in [0.717, 1.165) is 19.4 Å². The summed E-state index contributed by atoms with van der Waals surface area (Å²) in [4.78, 5) is 11.3. The fourth-order valence-electron chi connectivity index (χ4n) is 4.28.